The minimum atomic E-state index is -0.340. The molecule has 7 nitrogen and oxygen atoms in total. The van der Waals surface area contributed by atoms with Crippen molar-refractivity contribution in [3.8, 4) is 0 Å². The molecule has 1 heterocycles. The van der Waals surface area contributed by atoms with Gasteiger partial charge < -0.3 is 38.4 Å². The molecule has 0 bridgehead atoms. The summed E-state index contributed by atoms with van der Waals surface area (Å²) in [6.07, 6.45) is 5.27. The van der Waals surface area contributed by atoms with Crippen molar-refractivity contribution in [3.63, 3.8) is 0 Å². The molecule has 8 heteroatoms. The van der Waals surface area contributed by atoms with Crippen molar-refractivity contribution < 1.29 is 47.6 Å². The van der Waals surface area contributed by atoms with E-state index in [2.05, 4.69) is 4.74 Å². The molecule has 20 heavy (non-hydrogen) atoms. The summed E-state index contributed by atoms with van der Waals surface area (Å²) < 4.78 is 12.8. The van der Waals surface area contributed by atoms with Crippen LogP contribution in [0.4, 0.5) is 4.79 Å². The zero-order chi connectivity index (χ0) is 14.3. The van der Waals surface area contributed by atoms with Crippen molar-refractivity contribution >= 4 is 12.0 Å². The zero-order valence-corrected chi connectivity index (χ0v) is 14.1. The van der Waals surface area contributed by atoms with E-state index in [0.29, 0.717) is 19.7 Å². The Kier molecular flexibility index (Phi) is 9.14. The van der Waals surface area contributed by atoms with Crippen molar-refractivity contribution in [2.75, 3.05) is 33.9 Å². The number of imidazole rings is 1. The monoisotopic (exact) mass is 397 g/mol. The molecule has 0 fully saturated rings. The summed E-state index contributed by atoms with van der Waals surface area (Å²) in [6.45, 7) is 1.14. The van der Waals surface area contributed by atoms with Crippen LogP contribution in [0.1, 0.15) is 6.42 Å². The maximum Gasteiger partial charge on any atom is 0.415 e. The molecule has 0 saturated carbocycles. The van der Waals surface area contributed by atoms with Crippen LogP contribution in [0.5, 0.6) is 0 Å². The van der Waals surface area contributed by atoms with Gasteiger partial charge in [0, 0.05) is 20.2 Å². The fourth-order valence-corrected chi connectivity index (χ4v) is 1.56. The number of hydrogen-bond donors (Lipinski definition) is 0. The Labute approximate surface area is 135 Å². The number of hydrogen-bond acceptors (Lipinski definition) is 4. The number of aryl methyl sites for hydroxylation is 1. The van der Waals surface area contributed by atoms with Gasteiger partial charge in [0.25, 0.3) is 6.33 Å². The summed E-state index contributed by atoms with van der Waals surface area (Å²) in [4.78, 5) is 24.9. The van der Waals surface area contributed by atoms with Gasteiger partial charge in [0.15, 0.2) is 0 Å². The molecule has 0 saturated heterocycles. The van der Waals surface area contributed by atoms with Gasteiger partial charge in [0.05, 0.1) is 27.2 Å². The van der Waals surface area contributed by atoms with Crippen molar-refractivity contribution in [2.24, 2.45) is 7.05 Å². The van der Waals surface area contributed by atoms with Crippen LogP contribution in [0.3, 0.4) is 0 Å². The topological polar surface area (TPSA) is 64.6 Å². The van der Waals surface area contributed by atoms with Gasteiger partial charge in [0.1, 0.15) is 12.4 Å². The maximum atomic E-state index is 12.2. The molecule has 0 aromatic carbocycles. The quantitative estimate of drug-likeness (QED) is 0.288. The molecule has 114 valence electrons. The molecule has 0 aliphatic carbocycles. The largest absolute Gasteiger partial charge is 1.00 e. The van der Waals surface area contributed by atoms with E-state index in [0.717, 1.165) is 0 Å². The Morgan fingerprint density at radius 2 is 2.00 bits per heavy atom. The molecular weight excluding hydrogens is 377 g/mol. The van der Waals surface area contributed by atoms with Gasteiger partial charge in [-0.1, -0.05) is 0 Å². The second-order valence-corrected chi connectivity index (χ2v) is 4.07. The smallest absolute Gasteiger partial charge is 0.415 e. The highest BCUT2D eigenvalue weighted by Gasteiger charge is 2.21. The highest BCUT2D eigenvalue weighted by Crippen LogP contribution is 1.99. The van der Waals surface area contributed by atoms with Crippen molar-refractivity contribution in [1.29, 1.82) is 0 Å². The molecule has 0 spiro atoms. The Hall–Kier alpha value is -1.16. The third-order valence-electron chi connectivity index (χ3n) is 2.64. The molecule has 1 aromatic heterocycles. The first-order valence-corrected chi connectivity index (χ1v) is 5.96. The second kappa shape index (κ2) is 9.70. The van der Waals surface area contributed by atoms with E-state index in [1.165, 1.54) is 11.7 Å². The third-order valence-corrected chi connectivity index (χ3v) is 2.64. The number of carbonyl (C=O) groups is 2. The van der Waals surface area contributed by atoms with Crippen molar-refractivity contribution in [3.05, 3.63) is 18.7 Å². The van der Waals surface area contributed by atoms with Gasteiger partial charge in [-0.3, -0.25) is 4.79 Å². The SMILES string of the molecule is COCCN(CCC(=O)OC)C(=O)n1cc[n+](C)c1.[I-]. The first-order chi connectivity index (χ1) is 9.08. The average Bonchev–Trinajstić information content (AvgIpc) is 2.84. The Morgan fingerprint density at radius 3 is 2.50 bits per heavy atom. The maximum absolute atomic E-state index is 12.2. The highest BCUT2D eigenvalue weighted by atomic mass is 127. The van der Waals surface area contributed by atoms with Gasteiger partial charge in [-0.05, 0) is 0 Å². The first-order valence-electron chi connectivity index (χ1n) is 5.96. The molecule has 0 unspecified atom stereocenters. The Bertz CT molecular complexity index is 436. The summed E-state index contributed by atoms with van der Waals surface area (Å²) >= 11 is 0. The lowest BCUT2D eigenvalue weighted by Crippen LogP contribution is -3.00. The molecular formula is C12H20IN3O4. The lowest BCUT2D eigenvalue weighted by molar-refractivity contribution is -0.670. The van der Waals surface area contributed by atoms with E-state index in [4.69, 9.17) is 4.74 Å². The highest BCUT2D eigenvalue weighted by molar-refractivity contribution is 5.77. The molecule has 0 atom stereocenters. The van der Waals surface area contributed by atoms with Gasteiger partial charge >= 0.3 is 12.0 Å². The molecule has 0 radical (unpaired) electrons. The summed E-state index contributed by atoms with van der Waals surface area (Å²) in [6, 6.07) is -0.193. The fourth-order valence-electron chi connectivity index (χ4n) is 1.56. The van der Waals surface area contributed by atoms with Gasteiger partial charge in [-0.15, -0.1) is 0 Å². The summed E-state index contributed by atoms with van der Waals surface area (Å²) in [7, 11) is 4.73. The van der Waals surface area contributed by atoms with Crippen molar-refractivity contribution in [2.45, 2.75) is 6.42 Å². The number of nitrogens with zero attached hydrogens (tertiary/aromatic N) is 3. The number of esters is 1. The van der Waals surface area contributed by atoms with Gasteiger partial charge in [0.2, 0.25) is 0 Å². The minimum absolute atomic E-state index is 0. The summed E-state index contributed by atoms with van der Waals surface area (Å²) in [5.74, 6) is -0.340. The van der Waals surface area contributed by atoms with Crippen LogP contribution >= 0.6 is 0 Å². The third kappa shape index (κ3) is 5.87. The number of carbonyl (C=O) groups excluding carboxylic acids is 2. The molecule has 1 amide bonds. The predicted molar refractivity (Wildman–Crippen MR) is 66.5 cm³/mol. The Morgan fingerprint density at radius 1 is 1.30 bits per heavy atom. The van der Waals surface area contributed by atoms with Crippen LogP contribution < -0.4 is 28.5 Å². The minimum Gasteiger partial charge on any atom is -1.00 e. The van der Waals surface area contributed by atoms with Crippen LogP contribution in [-0.4, -0.2) is 55.4 Å². The Balaban J connectivity index is 0.00000361. The van der Waals surface area contributed by atoms with E-state index in [-0.39, 0.29) is 42.4 Å². The average molecular weight is 397 g/mol. The standard InChI is InChI=1S/C12H20N3O4.HI/c1-13-6-7-15(10-13)12(17)14(8-9-18-2)5-4-11(16)19-3;/h6-7,10H,4-5,8-9H2,1-3H3;1H/q+1;/p-1. The molecule has 1 aromatic rings. The summed E-state index contributed by atoms with van der Waals surface area (Å²) in [5.41, 5.74) is 0. The van der Waals surface area contributed by atoms with E-state index < -0.39 is 0 Å². The first kappa shape index (κ1) is 18.8. The molecule has 0 aliphatic rings. The number of halogens is 1. The van der Waals surface area contributed by atoms with E-state index in [1.54, 1.807) is 35.3 Å². The fraction of sp³-hybridized carbons (Fsp3) is 0.583. The van der Waals surface area contributed by atoms with E-state index in [9.17, 15) is 9.59 Å². The van der Waals surface area contributed by atoms with Gasteiger partial charge in [-0.25, -0.2) is 9.36 Å². The number of aromatic nitrogens is 2. The number of rotatable bonds is 6. The predicted octanol–water partition coefficient (Wildman–Crippen LogP) is -3.20. The van der Waals surface area contributed by atoms with Crippen molar-refractivity contribution in [1.82, 2.24) is 9.47 Å². The lowest BCUT2D eigenvalue weighted by atomic mass is 10.4. The molecule has 1 rings (SSSR count). The van der Waals surface area contributed by atoms with E-state index in [1.807, 2.05) is 7.05 Å². The van der Waals surface area contributed by atoms with Crippen LogP contribution in [0, 0.1) is 0 Å². The van der Waals surface area contributed by atoms with E-state index >= 15 is 0 Å². The lowest BCUT2D eigenvalue weighted by Gasteiger charge is -2.18. The second-order valence-electron chi connectivity index (χ2n) is 4.07. The number of methoxy groups -OCH3 is 2. The van der Waals surface area contributed by atoms with Crippen LogP contribution in [0.2, 0.25) is 0 Å². The number of amides is 1. The van der Waals surface area contributed by atoms with Crippen LogP contribution in [0.25, 0.3) is 0 Å². The van der Waals surface area contributed by atoms with Gasteiger partial charge in [-0.2, -0.15) is 4.57 Å². The molecule has 0 N–H and O–H groups in total. The zero-order valence-electron chi connectivity index (χ0n) is 11.9. The van der Waals surface area contributed by atoms with Crippen LogP contribution in [-0.2, 0) is 21.3 Å². The molecule has 0 aliphatic heterocycles. The van der Waals surface area contributed by atoms with Crippen LogP contribution in [0.15, 0.2) is 18.7 Å². The normalized spacial score (nSPS) is 9.75. The number of ether oxygens (including phenoxy) is 2. The summed E-state index contributed by atoms with van der Waals surface area (Å²) in [5, 5.41) is 0.